The number of benzene rings is 7. The van der Waals surface area contributed by atoms with Crippen molar-refractivity contribution in [1.29, 1.82) is 0 Å². The highest BCUT2D eigenvalue weighted by atomic mass is 16.3. The first-order chi connectivity index (χ1) is 31.5. The van der Waals surface area contributed by atoms with Crippen molar-refractivity contribution >= 4 is 101 Å². The van der Waals surface area contributed by atoms with E-state index in [0.717, 1.165) is 118 Å². The summed E-state index contributed by atoms with van der Waals surface area (Å²) in [6, 6.07) is 47.3. The lowest BCUT2D eigenvalue weighted by Crippen LogP contribution is -2.61. The molecule has 6 heteroatoms. The first-order valence-corrected chi connectivity index (χ1v) is 23.8. The van der Waals surface area contributed by atoms with E-state index in [9.17, 15) is 0 Å². The maximum Gasteiger partial charge on any atom is 0.376 e. The molecule has 5 nitrogen and oxygen atoms in total. The molecule has 1 aliphatic carbocycles. The minimum atomic E-state index is -0.354. The van der Waals surface area contributed by atoms with Gasteiger partial charge in [0.2, 0.25) is 0 Å². The monoisotopic (exact) mass is 862 g/mol. The van der Waals surface area contributed by atoms with E-state index >= 15 is 0 Å². The predicted octanol–water partition coefficient (Wildman–Crippen LogP) is 15.9. The third-order valence-electron chi connectivity index (χ3n) is 15.6. The summed E-state index contributed by atoms with van der Waals surface area (Å²) in [4.78, 5) is 5.05. The summed E-state index contributed by atoms with van der Waals surface area (Å²) in [5.74, 6) is 0. The van der Waals surface area contributed by atoms with Gasteiger partial charge < -0.3 is 23.0 Å². The summed E-state index contributed by atoms with van der Waals surface area (Å²) in [5.41, 5.74) is 19.5. The molecule has 0 N–H and O–H groups in total. The minimum absolute atomic E-state index is 0.000401. The molecule has 2 aliphatic heterocycles. The van der Waals surface area contributed by atoms with Gasteiger partial charge in [0.15, 0.2) is 0 Å². The lowest BCUT2D eigenvalue weighted by atomic mass is 9.45. The standard InChI is InChI=1S/C60H55BN2O3/c1-57(2,3)34-19-23-36(24-20-34)62-47-31-41-39-16-12-14-18-49(39)65-55(41)52-42-29-40-38-15-11-13-17-48(38)64-51(40)33-46(42)63(37-25-21-35(22-26-37)58(4,5)6)61(53(47)52)56-54(62)43-30-44-45(32-50(43)66-56)60(9,10)28-27-59(44,7)8/h11-26,29-33H,27-28H2,1-10H3. The summed E-state index contributed by atoms with van der Waals surface area (Å²) in [6.07, 6.45) is 2.25. The number of hydrogen-bond donors (Lipinski definition) is 0. The van der Waals surface area contributed by atoms with Crippen LogP contribution in [0.1, 0.15) is 104 Å². The number of fused-ring (bicyclic) bond motifs is 14. The molecule has 13 rings (SSSR count). The highest BCUT2D eigenvalue weighted by Crippen LogP contribution is 2.55. The summed E-state index contributed by atoms with van der Waals surface area (Å²) >= 11 is 0. The smallest absolute Gasteiger partial charge is 0.376 e. The first-order valence-electron chi connectivity index (χ1n) is 23.8. The van der Waals surface area contributed by atoms with E-state index in [1.54, 1.807) is 0 Å². The number of furan rings is 3. The number of anilines is 5. The Morgan fingerprint density at radius 1 is 0.500 bits per heavy atom. The fourth-order valence-electron chi connectivity index (χ4n) is 11.8. The van der Waals surface area contributed by atoms with E-state index in [0.29, 0.717) is 0 Å². The van der Waals surface area contributed by atoms with Gasteiger partial charge in [-0.05, 0) is 123 Å². The van der Waals surface area contributed by atoms with E-state index in [2.05, 4.69) is 206 Å². The minimum Gasteiger partial charge on any atom is -0.466 e. The van der Waals surface area contributed by atoms with Gasteiger partial charge in [0.25, 0.3) is 0 Å². The molecule has 0 unspecified atom stereocenters. The van der Waals surface area contributed by atoms with Crippen molar-refractivity contribution in [1.82, 2.24) is 0 Å². The van der Waals surface area contributed by atoms with Gasteiger partial charge in [0.05, 0.1) is 5.69 Å². The molecule has 0 atom stereocenters. The Kier molecular flexibility index (Phi) is 7.84. The lowest BCUT2D eigenvalue weighted by Gasteiger charge is -2.44. The third-order valence-corrected chi connectivity index (χ3v) is 15.6. The molecule has 0 saturated carbocycles. The van der Waals surface area contributed by atoms with Crippen LogP contribution in [0.4, 0.5) is 28.4 Å². The van der Waals surface area contributed by atoms with Crippen LogP contribution >= 0.6 is 0 Å². The Morgan fingerprint density at radius 3 is 1.70 bits per heavy atom. The van der Waals surface area contributed by atoms with Crippen LogP contribution in [-0.4, -0.2) is 6.85 Å². The highest BCUT2D eigenvalue weighted by Gasteiger charge is 2.51. The van der Waals surface area contributed by atoms with Gasteiger partial charge in [-0.15, -0.1) is 0 Å². The Bertz CT molecular complexity index is 3680. The molecule has 0 amide bonds. The Balaban J connectivity index is 1.21. The molecular weight excluding hydrogens is 807 g/mol. The van der Waals surface area contributed by atoms with Crippen LogP contribution in [0.15, 0.2) is 141 Å². The normalized spacial score (nSPS) is 16.4. The zero-order valence-corrected chi connectivity index (χ0v) is 39.7. The van der Waals surface area contributed by atoms with Gasteiger partial charge in [-0.2, -0.15) is 0 Å². The fraction of sp³-hybridized carbons (Fsp3) is 0.267. The van der Waals surface area contributed by atoms with Gasteiger partial charge >= 0.3 is 6.85 Å². The molecule has 3 aliphatic rings. The maximum atomic E-state index is 7.61. The first kappa shape index (κ1) is 39.7. The van der Waals surface area contributed by atoms with Gasteiger partial charge in [-0.3, -0.25) is 0 Å². The van der Waals surface area contributed by atoms with Gasteiger partial charge in [0, 0.05) is 66.9 Å². The van der Waals surface area contributed by atoms with Crippen molar-refractivity contribution < 1.29 is 13.3 Å². The SMILES string of the molecule is CC(C)(C)c1ccc(N2B3c4oc5cc6c(cc5c4N(c4ccc(C(C)(C)C)cc4)c4cc5c(oc7ccccc75)c(c43)-c3cc4c(cc32)oc2ccccc24)C(C)(C)CCC6(C)C)cc1. The Hall–Kier alpha value is -6.66. The van der Waals surface area contributed by atoms with Gasteiger partial charge in [0.1, 0.15) is 33.6 Å². The number of nitrogens with zero attached hydrogens (tertiary/aromatic N) is 2. The van der Waals surface area contributed by atoms with Crippen LogP contribution in [0.3, 0.4) is 0 Å². The Labute approximate surface area is 387 Å². The highest BCUT2D eigenvalue weighted by molar-refractivity contribution is 6.93. The Morgan fingerprint density at radius 2 is 1.06 bits per heavy atom. The van der Waals surface area contributed by atoms with E-state index in [-0.39, 0.29) is 28.5 Å². The van der Waals surface area contributed by atoms with Crippen LogP contribution in [0, 0.1) is 0 Å². The van der Waals surface area contributed by atoms with E-state index in [1.807, 2.05) is 0 Å². The molecule has 0 bridgehead atoms. The van der Waals surface area contributed by atoms with E-state index in [4.69, 9.17) is 13.3 Å². The van der Waals surface area contributed by atoms with Crippen molar-refractivity contribution in [3.63, 3.8) is 0 Å². The summed E-state index contributed by atoms with van der Waals surface area (Å²) in [5, 5.41) is 5.51. The van der Waals surface area contributed by atoms with E-state index in [1.165, 1.54) is 22.3 Å². The molecule has 0 radical (unpaired) electrons. The second kappa shape index (κ2) is 13.0. The van der Waals surface area contributed by atoms with Crippen LogP contribution < -0.4 is 20.8 Å². The average Bonchev–Trinajstić information content (AvgIpc) is 3.97. The van der Waals surface area contributed by atoms with Crippen molar-refractivity contribution in [3.8, 4) is 11.1 Å². The average molecular weight is 863 g/mol. The molecule has 66 heavy (non-hydrogen) atoms. The van der Waals surface area contributed by atoms with Crippen molar-refractivity contribution in [2.75, 3.05) is 9.71 Å². The number of para-hydroxylation sites is 2. The van der Waals surface area contributed by atoms with Crippen LogP contribution in [0.25, 0.3) is 66.0 Å². The molecule has 10 aromatic rings. The van der Waals surface area contributed by atoms with Crippen molar-refractivity contribution in [3.05, 3.63) is 150 Å². The molecule has 0 spiro atoms. The van der Waals surface area contributed by atoms with Gasteiger partial charge in [-0.25, -0.2) is 0 Å². The summed E-state index contributed by atoms with van der Waals surface area (Å²) < 4.78 is 21.5. The molecule has 3 aromatic heterocycles. The topological polar surface area (TPSA) is 45.9 Å². The second-order valence-electron chi connectivity index (χ2n) is 22.8. The van der Waals surface area contributed by atoms with Crippen LogP contribution in [0.5, 0.6) is 0 Å². The quantitative estimate of drug-likeness (QED) is 0.162. The van der Waals surface area contributed by atoms with E-state index < -0.39 is 0 Å². The molecular formula is C60H55BN2O3. The lowest BCUT2D eigenvalue weighted by molar-refractivity contribution is 0.332. The molecule has 0 fully saturated rings. The zero-order chi connectivity index (χ0) is 45.4. The molecule has 0 saturated heterocycles. The maximum absolute atomic E-state index is 7.61. The summed E-state index contributed by atoms with van der Waals surface area (Å²) in [6.45, 7) is 23.0. The van der Waals surface area contributed by atoms with Gasteiger partial charge in [-0.1, -0.05) is 130 Å². The molecule has 7 aromatic carbocycles. The number of rotatable bonds is 2. The predicted molar refractivity (Wildman–Crippen MR) is 277 cm³/mol. The zero-order valence-electron chi connectivity index (χ0n) is 39.7. The second-order valence-corrected chi connectivity index (χ2v) is 22.8. The van der Waals surface area contributed by atoms with Crippen LogP contribution in [-0.2, 0) is 21.7 Å². The van der Waals surface area contributed by atoms with Crippen LogP contribution in [0.2, 0.25) is 0 Å². The third kappa shape index (κ3) is 5.48. The van der Waals surface area contributed by atoms with Crippen molar-refractivity contribution in [2.45, 2.75) is 104 Å². The largest absolute Gasteiger partial charge is 0.466 e. The fourth-order valence-corrected chi connectivity index (χ4v) is 11.8. The number of hydrogen-bond acceptors (Lipinski definition) is 5. The molecule has 326 valence electrons. The summed E-state index contributed by atoms with van der Waals surface area (Å²) in [7, 11) is 0. The molecule has 5 heterocycles. The van der Waals surface area contributed by atoms with Crippen molar-refractivity contribution in [2.24, 2.45) is 0 Å².